The highest BCUT2D eigenvalue weighted by molar-refractivity contribution is 6.30. The average molecular weight is 272 g/mol. The molecule has 0 fully saturated rings. The SMILES string of the molecule is COc1ccc(Cl)cc1C(O)CCC(=O)N(C)C. The molecule has 1 amide bonds. The number of rotatable bonds is 5. The topological polar surface area (TPSA) is 49.8 Å². The quantitative estimate of drug-likeness (QED) is 0.894. The van der Waals surface area contributed by atoms with Crippen LogP contribution in [0.25, 0.3) is 0 Å². The fraction of sp³-hybridized carbons (Fsp3) is 0.462. The maximum absolute atomic E-state index is 11.5. The first-order valence-corrected chi connectivity index (χ1v) is 6.05. The van der Waals surface area contributed by atoms with E-state index in [0.29, 0.717) is 22.8 Å². The molecule has 1 atom stereocenters. The van der Waals surface area contributed by atoms with Crippen LogP contribution in [0.2, 0.25) is 5.02 Å². The highest BCUT2D eigenvalue weighted by Crippen LogP contribution is 2.30. The summed E-state index contributed by atoms with van der Waals surface area (Å²) in [6.07, 6.45) is -0.139. The van der Waals surface area contributed by atoms with Gasteiger partial charge in [-0.2, -0.15) is 0 Å². The van der Waals surface area contributed by atoms with E-state index in [2.05, 4.69) is 0 Å². The largest absolute Gasteiger partial charge is 0.496 e. The Morgan fingerprint density at radius 1 is 1.50 bits per heavy atom. The van der Waals surface area contributed by atoms with Crippen molar-refractivity contribution in [3.05, 3.63) is 28.8 Å². The van der Waals surface area contributed by atoms with Crippen LogP contribution in [0.1, 0.15) is 24.5 Å². The third kappa shape index (κ3) is 3.89. The molecule has 4 nitrogen and oxygen atoms in total. The highest BCUT2D eigenvalue weighted by Gasteiger charge is 2.16. The van der Waals surface area contributed by atoms with Gasteiger partial charge in [0.1, 0.15) is 5.75 Å². The van der Waals surface area contributed by atoms with Crippen molar-refractivity contribution in [1.29, 1.82) is 0 Å². The first-order valence-electron chi connectivity index (χ1n) is 5.67. The van der Waals surface area contributed by atoms with Crippen LogP contribution in [-0.4, -0.2) is 37.1 Å². The molecule has 0 saturated heterocycles. The third-order valence-electron chi connectivity index (χ3n) is 2.68. The lowest BCUT2D eigenvalue weighted by molar-refractivity contribution is -0.129. The molecule has 18 heavy (non-hydrogen) atoms. The molecule has 0 spiro atoms. The number of benzene rings is 1. The Morgan fingerprint density at radius 2 is 2.17 bits per heavy atom. The third-order valence-corrected chi connectivity index (χ3v) is 2.92. The highest BCUT2D eigenvalue weighted by atomic mass is 35.5. The predicted molar refractivity (Wildman–Crippen MR) is 70.9 cm³/mol. The van der Waals surface area contributed by atoms with Gasteiger partial charge in [0.2, 0.25) is 5.91 Å². The van der Waals surface area contributed by atoms with Crippen molar-refractivity contribution in [3.8, 4) is 5.75 Å². The van der Waals surface area contributed by atoms with Gasteiger partial charge >= 0.3 is 0 Å². The molecule has 1 aromatic rings. The molecular formula is C13H18ClNO3. The molecule has 1 rings (SSSR count). The molecule has 0 saturated carbocycles. The second kappa shape index (κ2) is 6.61. The molecular weight excluding hydrogens is 254 g/mol. The van der Waals surface area contributed by atoms with Crippen molar-refractivity contribution in [3.63, 3.8) is 0 Å². The average Bonchev–Trinajstić information content (AvgIpc) is 2.35. The fourth-order valence-corrected chi connectivity index (χ4v) is 1.79. The number of halogens is 1. The number of hydrogen-bond acceptors (Lipinski definition) is 3. The van der Waals surface area contributed by atoms with Crippen LogP contribution in [0.3, 0.4) is 0 Å². The van der Waals surface area contributed by atoms with Gasteiger partial charge in [-0.3, -0.25) is 4.79 Å². The van der Waals surface area contributed by atoms with Gasteiger partial charge in [0.25, 0.3) is 0 Å². The van der Waals surface area contributed by atoms with Crippen LogP contribution in [0.5, 0.6) is 5.75 Å². The van der Waals surface area contributed by atoms with Crippen LogP contribution in [0.4, 0.5) is 0 Å². The minimum absolute atomic E-state index is 0.0185. The summed E-state index contributed by atoms with van der Waals surface area (Å²) in [5.74, 6) is 0.555. The Bertz CT molecular complexity index is 421. The van der Waals surface area contributed by atoms with Crippen LogP contribution >= 0.6 is 11.6 Å². The van der Waals surface area contributed by atoms with E-state index in [1.807, 2.05) is 0 Å². The normalized spacial score (nSPS) is 12.1. The molecule has 0 aliphatic rings. The zero-order chi connectivity index (χ0) is 13.7. The van der Waals surface area contributed by atoms with E-state index in [1.165, 1.54) is 12.0 Å². The number of carbonyl (C=O) groups is 1. The summed E-state index contributed by atoms with van der Waals surface area (Å²) in [5, 5.41) is 10.6. The van der Waals surface area contributed by atoms with Crippen LogP contribution < -0.4 is 4.74 Å². The van der Waals surface area contributed by atoms with Gasteiger partial charge in [-0.05, 0) is 24.6 Å². The number of aliphatic hydroxyl groups is 1. The summed E-state index contributed by atoms with van der Waals surface area (Å²) in [6.45, 7) is 0. The number of amides is 1. The van der Waals surface area contributed by atoms with Crippen molar-refractivity contribution in [2.45, 2.75) is 18.9 Å². The Morgan fingerprint density at radius 3 is 2.72 bits per heavy atom. The molecule has 0 aliphatic carbocycles. The van der Waals surface area contributed by atoms with E-state index >= 15 is 0 Å². The van der Waals surface area contributed by atoms with E-state index in [4.69, 9.17) is 16.3 Å². The van der Waals surface area contributed by atoms with Gasteiger partial charge in [-0.25, -0.2) is 0 Å². The van der Waals surface area contributed by atoms with E-state index in [9.17, 15) is 9.90 Å². The Hall–Kier alpha value is -1.26. The number of hydrogen-bond donors (Lipinski definition) is 1. The minimum atomic E-state index is -0.762. The van der Waals surface area contributed by atoms with Crippen molar-refractivity contribution in [2.24, 2.45) is 0 Å². The smallest absolute Gasteiger partial charge is 0.222 e. The summed E-state index contributed by atoms with van der Waals surface area (Å²) < 4.78 is 5.16. The summed E-state index contributed by atoms with van der Waals surface area (Å²) in [7, 11) is 4.91. The van der Waals surface area contributed by atoms with Crippen molar-refractivity contribution >= 4 is 17.5 Å². The predicted octanol–water partition coefficient (Wildman–Crippen LogP) is 2.25. The fourth-order valence-electron chi connectivity index (χ4n) is 1.60. The molecule has 0 aliphatic heterocycles. The van der Waals surface area contributed by atoms with Gasteiger partial charge < -0.3 is 14.7 Å². The van der Waals surface area contributed by atoms with E-state index in [0.717, 1.165) is 0 Å². The number of methoxy groups -OCH3 is 1. The van der Waals surface area contributed by atoms with Crippen molar-refractivity contribution < 1.29 is 14.6 Å². The van der Waals surface area contributed by atoms with Gasteiger partial charge in [0.05, 0.1) is 13.2 Å². The number of ether oxygens (including phenoxy) is 1. The monoisotopic (exact) mass is 271 g/mol. The first kappa shape index (κ1) is 14.8. The Balaban J connectivity index is 2.74. The van der Waals surface area contributed by atoms with Gasteiger partial charge in [-0.15, -0.1) is 0 Å². The molecule has 0 bridgehead atoms. The van der Waals surface area contributed by atoms with Gasteiger partial charge in [-0.1, -0.05) is 11.6 Å². The summed E-state index contributed by atoms with van der Waals surface area (Å²) in [5.41, 5.74) is 0.608. The zero-order valence-electron chi connectivity index (χ0n) is 10.8. The van der Waals surface area contributed by atoms with Crippen LogP contribution in [0.15, 0.2) is 18.2 Å². The lowest BCUT2D eigenvalue weighted by Gasteiger charge is -2.16. The van der Waals surface area contributed by atoms with E-state index in [-0.39, 0.29) is 12.3 Å². The lowest BCUT2D eigenvalue weighted by atomic mass is 10.0. The molecule has 1 N–H and O–H groups in total. The first-order chi connectivity index (χ1) is 8.45. The summed E-state index contributed by atoms with van der Waals surface area (Å²) >= 11 is 5.89. The number of aliphatic hydroxyl groups excluding tert-OH is 1. The van der Waals surface area contributed by atoms with E-state index in [1.54, 1.807) is 32.3 Å². The van der Waals surface area contributed by atoms with Crippen molar-refractivity contribution in [2.75, 3.05) is 21.2 Å². The molecule has 0 heterocycles. The Labute approximate surface area is 112 Å². The van der Waals surface area contributed by atoms with Crippen LogP contribution in [-0.2, 0) is 4.79 Å². The van der Waals surface area contributed by atoms with Crippen molar-refractivity contribution in [1.82, 2.24) is 4.90 Å². The second-order valence-corrected chi connectivity index (χ2v) is 4.67. The molecule has 1 unspecified atom stereocenters. The van der Waals surface area contributed by atoms with Gasteiger partial charge in [0, 0.05) is 31.1 Å². The molecule has 0 aromatic heterocycles. The molecule has 1 aromatic carbocycles. The number of carbonyl (C=O) groups excluding carboxylic acids is 1. The van der Waals surface area contributed by atoms with Crippen LogP contribution in [0, 0.1) is 0 Å². The molecule has 100 valence electrons. The second-order valence-electron chi connectivity index (χ2n) is 4.23. The maximum Gasteiger partial charge on any atom is 0.222 e. The lowest BCUT2D eigenvalue weighted by Crippen LogP contribution is -2.21. The molecule has 0 radical (unpaired) electrons. The summed E-state index contributed by atoms with van der Waals surface area (Å²) in [6, 6.07) is 5.06. The minimum Gasteiger partial charge on any atom is -0.496 e. The standard InChI is InChI=1S/C13H18ClNO3/c1-15(2)13(17)7-5-11(16)10-8-9(14)4-6-12(10)18-3/h4,6,8,11,16H,5,7H2,1-3H3. The Kier molecular flexibility index (Phi) is 5.44. The van der Waals surface area contributed by atoms with Gasteiger partial charge in [0.15, 0.2) is 0 Å². The maximum atomic E-state index is 11.5. The molecule has 5 heteroatoms. The van der Waals surface area contributed by atoms with E-state index < -0.39 is 6.10 Å². The summed E-state index contributed by atoms with van der Waals surface area (Å²) in [4.78, 5) is 13.0. The zero-order valence-corrected chi connectivity index (χ0v) is 11.6. The number of nitrogens with zero attached hydrogens (tertiary/aromatic N) is 1.